The zero-order valence-electron chi connectivity index (χ0n) is 13.4. The molecule has 0 bridgehead atoms. The van der Waals surface area contributed by atoms with Crippen molar-refractivity contribution < 1.29 is 14.3 Å². The molecule has 0 aliphatic rings. The summed E-state index contributed by atoms with van der Waals surface area (Å²) in [5, 5.41) is 6.20. The van der Waals surface area contributed by atoms with Gasteiger partial charge in [0.1, 0.15) is 11.5 Å². The van der Waals surface area contributed by atoms with Crippen molar-refractivity contribution in [2.45, 2.75) is 32.7 Å². The predicted molar refractivity (Wildman–Crippen MR) is 83.9 cm³/mol. The molecule has 1 aromatic carbocycles. The van der Waals surface area contributed by atoms with Crippen molar-refractivity contribution in [1.82, 2.24) is 10.6 Å². The molecule has 118 valence electrons. The highest BCUT2D eigenvalue weighted by molar-refractivity contribution is 5.76. The summed E-state index contributed by atoms with van der Waals surface area (Å²) >= 11 is 0. The third kappa shape index (κ3) is 5.63. The predicted octanol–water partition coefficient (Wildman–Crippen LogP) is 2.27. The smallest absolute Gasteiger partial charge is 0.221 e. The Morgan fingerprint density at radius 1 is 1.24 bits per heavy atom. The number of methoxy groups -OCH3 is 2. The van der Waals surface area contributed by atoms with Crippen LogP contribution >= 0.6 is 0 Å². The highest BCUT2D eigenvalue weighted by Gasteiger charge is 2.12. The van der Waals surface area contributed by atoms with E-state index >= 15 is 0 Å². The van der Waals surface area contributed by atoms with Crippen LogP contribution in [0.2, 0.25) is 0 Å². The van der Waals surface area contributed by atoms with Gasteiger partial charge < -0.3 is 20.1 Å². The van der Waals surface area contributed by atoms with E-state index in [9.17, 15) is 4.79 Å². The summed E-state index contributed by atoms with van der Waals surface area (Å²) in [5.41, 5.74) is 1.02. The van der Waals surface area contributed by atoms with Gasteiger partial charge in [0, 0.05) is 31.1 Å². The summed E-state index contributed by atoms with van der Waals surface area (Å²) in [5.74, 6) is 1.68. The first-order chi connectivity index (χ1) is 10.1. The SMILES string of the molecule is CCCNC(=O)CCNC(C)c1cc(OC)ccc1OC. The van der Waals surface area contributed by atoms with Crippen molar-refractivity contribution in [2.75, 3.05) is 27.3 Å². The first-order valence-corrected chi connectivity index (χ1v) is 7.34. The van der Waals surface area contributed by atoms with Crippen molar-refractivity contribution in [3.8, 4) is 11.5 Å². The van der Waals surface area contributed by atoms with Crippen LogP contribution in [0.25, 0.3) is 0 Å². The highest BCUT2D eigenvalue weighted by Crippen LogP contribution is 2.29. The monoisotopic (exact) mass is 294 g/mol. The summed E-state index contributed by atoms with van der Waals surface area (Å²) in [6.45, 7) is 5.44. The Bertz CT molecular complexity index is 449. The first kappa shape index (κ1) is 17.3. The molecule has 21 heavy (non-hydrogen) atoms. The maximum absolute atomic E-state index is 11.5. The minimum absolute atomic E-state index is 0.0778. The molecule has 0 aliphatic carbocycles. The lowest BCUT2D eigenvalue weighted by Gasteiger charge is -2.18. The molecular weight excluding hydrogens is 268 g/mol. The first-order valence-electron chi connectivity index (χ1n) is 7.34. The van der Waals surface area contributed by atoms with Crippen LogP contribution in [-0.2, 0) is 4.79 Å². The Hall–Kier alpha value is -1.75. The standard InChI is InChI=1S/C16H26N2O3/c1-5-9-18-16(19)8-10-17-12(2)14-11-13(20-3)6-7-15(14)21-4/h6-7,11-12,17H,5,8-10H2,1-4H3,(H,18,19). The maximum atomic E-state index is 11.5. The van der Waals surface area contributed by atoms with Crippen LogP contribution in [0.3, 0.4) is 0 Å². The fourth-order valence-electron chi connectivity index (χ4n) is 2.04. The van der Waals surface area contributed by atoms with Crippen LogP contribution in [0.15, 0.2) is 18.2 Å². The van der Waals surface area contributed by atoms with Gasteiger partial charge in [-0.3, -0.25) is 4.79 Å². The number of carbonyl (C=O) groups is 1. The molecule has 0 aromatic heterocycles. The van der Waals surface area contributed by atoms with Gasteiger partial charge in [0.25, 0.3) is 0 Å². The molecule has 0 spiro atoms. The molecule has 0 radical (unpaired) electrons. The van der Waals surface area contributed by atoms with Crippen LogP contribution in [0, 0.1) is 0 Å². The van der Waals surface area contributed by atoms with Gasteiger partial charge in [0.05, 0.1) is 14.2 Å². The second-order valence-corrected chi connectivity index (χ2v) is 4.88. The number of benzene rings is 1. The Labute approximate surface area is 127 Å². The molecule has 1 rings (SSSR count). The molecule has 5 heteroatoms. The zero-order chi connectivity index (χ0) is 15.7. The minimum Gasteiger partial charge on any atom is -0.497 e. The topological polar surface area (TPSA) is 59.6 Å². The summed E-state index contributed by atoms with van der Waals surface area (Å²) in [6.07, 6.45) is 1.42. The third-order valence-corrected chi connectivity index (χ3v) is 3.28. The number of nitrogens with one attached hydrogen (secondary N) is 2. The van der Waals surface area contributed by atoms with Gasteiger partial charge in [-0.2, -0.15) is 0 Å². The van der Waals surface area contributed by atoms with E-state index in [1.54, 1.807) is 14.2 Å². The molecular formula is C16H26N2O3. The molecule has 1 unspecified atom stereocenters. The Morgan fingerprint density at radius 2 is 2.00 bits per heavy atom. The quantitative estimate of drug-likeness (QED) is 0.733. The summed E-state index contributed by atoms with van der Waals surface area (Å²) in [7, 11) is 3.29. The molecule has 1 atom stereocenters. The molecule has 0 saturated carbocycles. The van der Waals surface area contributed by atoms with Crippen molar-refractivity contribution >= 4 is 5.91 Å². The number of ether oxygens (including phenoxy) is 2. The van der Waals surface area contributed by atoms with Gasteiger partial charge >= 0.3 is 0 Å². The molecule has 1 amide bonds. The van der Waals surface area contributed by atoms with Gasteiger partial charge in [0.2, 0.25) is 5.91 Å². The van der Waals surface area contributed by atoms with Crippen molar-refractivity contribution in [3.63, 3.8) is 0 Å². The largest absolute Gasteiger partial charge is 0.497 e. The van der Waals surface area contributed by atoms with Crippen molar-refractivity contribution in [2.24, 2.45) is 0 Å². The van der Waals surface area contributed by atoms with Crippen molar-refractivity contribution in [3.05, 3.63) is 23.8 Å². The van der Waals surface area contributed by atoms with Gasteiger partial charge in [-0.05, 0) is 31.5 Å². The average Bonchev–Trinajstić information content (AvgIpc) is 2.52. The van der Waals surface area contributed by atoms with Gasteiger partial charge in [-0.25, -0.2) is 0 Å². The van der Waals surface area contributed by atoms with Gasteiger partial charge in [-0.1, -0.05) is 6.92 Å². The van der Waals surface area contributed by atoms with E-state index in [1.807, 2.05) is 32.0 Å². The van der Waals surface area contributed by atoms with E-state index in [0.717, 1.165) is 30.0 Å². The number of rotatable bonds is 9. The average molecular weight is 294 g/mol. The normalized spacial score (nSPS) is 11.8. The second-order valence-electron chi connectivity index (χ2n) is 4.88. The summed E-state index contributed by atoms with van der Waals surface area (Å²) in [4.78, 5) is 11.5. The Kier molecular flexibility index (Phi) is 7.61. The molecule has 0 aliphatic heterocycles. The Morgan fingerprint density at radius 3 is 2.62 bits per heavy atom. The zero-order valence-corrected chi connectivity index (χ0v) is 13.4. The molecule has 0 fully saturated rings. The van der Waals surface area contributed by atoms with Crippen LogP contribution in [0.4, 0.5) is 0 Å². The fraction of sp³-hybridized carbons (Fsp3) is 0.562. The Balaban J connectivity index is 2.54. The van der Waals surface area contributed by atoms with Crippen LogP contribution in [0.1, 0.15) is 38.3 Å². The van der Waals surface area contributed by atoms with Gasteiger partial charge in [-0.15, -0.1) is 0 Å². The number of hydrogen-bond acceptors (Lipinski definition) is 4. The van der Waals surface area contributed by atoms with Crippen LogP contribution < -0.4 is 20.1 Å². The van der Waals surface area contributed by atoms with Gasteiger partial charge in [0.15, 0.2) is 0 Å². The summed E-state index contributed by atoms with van der Waals surface area (Å²) < 4.78 is 10.6. The second kappa shape index (κ2) is 9.23. The van der Waals surface area contributed by atoms with Crippen LogP contribution in [-0.4, -0.2) is 33.2 Å². The number of carbonyl (C=O) groups excluding carboxylic acids is 1. The van der Waals surface area contributed by atoms with E-state index in [-0.39, 0.29) is 11.9 Å². The van der Waals surface area contributed by atoms with E-state index in [0.29, 0.717) is 13.0 Å². The molecule has 5 nitrogen and oxygen atoms in total. The maximum Gasteiger partial charge on any atom is 0.221 e. The number of hydrogen-bond donors (Lipinski definition) is 2. The number of amides is 1. The lowest BCUT2D eigenvalue weighted by atomic mass is 10.1. The van der Waals surface area contributed by atoms with E-state index in [4.69, 9.17) is 9.47 Å². The van der Waals surface area contributed by atoms with E-state index in [2.05, 4.69) is 10.6 Å². The molecule has 0 saturated heterocycles. The highest BCUT2D eigenvalue weighted by atomic mass is 16.5. The third-order valence-electron chi connectivity index (χ3n) is 3.28. The van der Waals surface area contributed by atoms with E-state index < -0.39 is 0 Å². The molecule has 0 heterocycles. The molecule has 1 aromatic rings. The van der Waals surface area contributed by atoms with Crippen molar-refractivity contribution in [1.29, 1.82) is 0 Å². The van der Waals surface area contributed by atoms with E-state index in [1.165, 1.54) is 0 Å². The lowest BCUT2D eigenvalue weighted by Crippen LogP contribution is -2.29. The summed E-state index contributed by atoms with van der Waals surface area (Å²) in [6, 6.07) is 5.79. The van der Waals surface area contributed by atoms with Crippen LogP contribution in [0.5, 0.6) is 11.5 Å². The fourth-order valence-corrected chi connectivity index (χ4v) is 2.04. The molecule has 2 N–H and O–H groups in total. The minimum atomic E-state index is 0.0778. The lowest BCUT2D eigenvalue weighted by molar-refractivity contribution is -0.121.